The van der Waals surface area contributed by atoms with Crippen LogP contribution in [0.25, 0.3) is 0 Å². The standard InChI is InChI=1S/C6H12NO5PS/c8-6(9)5-1-4(2-7-5)3-13(10,11)12-14/h4-5,7,14H,1-3H2,(H,8,9)(H,10,11)/t4-,5+/m1/s1. The van der Waals surface area contributed by atoms with Crippen molar-refractivity contribution in [2.24, 2.45) is 5.92 Å². The van der Waals surface area contributed by atoms with Crippen molar-refractivity contribution in [2.45, 2.75) is 12.5 Å². The van der Waals surface area contributed by atoms with Crippen LogP contribution in [0.4, 0.5) is 0 Å². The predicted octanol–water partition coefficient (Wildman–Crippen LogP) is 0.0959. The molecular weight excluding hydrogens is 229 g/mol. The Labute approximate surface area is 86.8 Å². The van der Waals surface area contributed by atoms with Crippen LogP contribution in [-0.4, -0.2) is 34.7 Å². The molecule has 1 saturated heterocycles. The number of aliphatic carboxylic acids is 1. The van der Waals surface area contributed by atoms with Gasteiger partial charge in [-0.3, -0.25) is 9.36 Å². The summed E-state index contributed by atoms with van der Waals surface area (Å²) in [5.74, 6) is -1.09. The van der Waals surface area contributed by atoms with Gasteiger partial charge in [-0.25, -0.2) is 3.97 Å². The van der Waals surface area contributed by atoms with E-state index in [4.69, 9.17) is 10.00 Å². The van der Waals surface area contributed by atoms with Crippen molar-refractivity contribution < 1.29 is 23.3 Å². The molecule has 14 heavy (non-hydrogen) atoms. The second-order valence-corrected chi connectivity index (χ2v) is 5.60. The maximum atomic E-state index is 11.1. The van der Waals surface area contributed by atoms with Crippen LogP contribution in [0.15, 0.2) is 0 Å². The molecule has 0 aromatic heterocycles. The molecule has 82 valence electrons. The van der Waals surface area contributed by atoms with Crippen molar-refractivity contribution in [3.05, 3.63) is 0 Å². The van der Waals surface area contributed by atoms with Gasteiger partial charge in [0.1, 0.15) is 6.04 Å². The second kappa shape index (κ2) is 4.63. The van der Waals surface area contributed by atoms with Crippen LogP contribution in [0.5, 0.6) is 0 Å². The molecule has 0 aromatic rings. The van der Waals surface area contributed by atoms with Gasteiger partial charge in [0.05, 0.1) is 6.16 Å². The maximum Gasteiger partial charge on any atom is 0.339 e. The van der Waals surface area contributed by atoms with Crippen LogP contribution >= 0.6 is 20.5 Å². The first-order chi connectivity index (χ1) is 6.44. The number of nitrogens with one attached hydrogen (secondary N) is 1. The minimum absolute atomic E-state index is 0.0622. The molecule has 6 nitrogen and oxygen atoms in total. The molecule has 0 bridgehead atoms. The number of carbonyl (C=O) groups is 1. The van der Waals surface area contributed by atoms with E-state index < -0.39 is 19.6 Å². The lowest BCUT2D eigenvalue weighted by atomic mass is 10.1. The summed E-state index contributed by atoms with van der Waals surface area (Å²) in [6.45, 7) is 0.415. The monoisotopic (exact) mass is 241 g/mol. The van der Waals surface area contributed by atoms with E-state index in [9.17, 15) is 9.36 Å². The van der Waals surface area contributed by atoms with E-state index in [0.717, 1.165) is 0 Å². The summed E-state index contributed by atoms with van der Waals surface area (Å²) in [5.41, 5.74) is 0. The second-order valence-electron chi connectivity index (χ2n) is 3.30. The normalized spacial score (nSPS) is 31.3. The molecule has 3 atom stereocenters. The highest BCUT2D eigenvalue weighted by Crippen LogP contribution is 2.46. The Morgan fingerprint density at radius 2 is 2.36 bits per heavy atom. The molecule has 8 heteroatoms. The van der Waals surface area contributed by atoms with Crippen LogP contribution in [0, 0.1) is 5.92 Å². The van der Waals surface area contributed by atoms with Crippen LogP contribution in [-0.2, 0) is 13.3 Å². The van der Waals surface area contributed by atoms with Crippen molar-refractivity contribution in [1.29, 1.82) is 0 Å². The van der Waals surface area contributed by atoms with Gasteiger partial charge in [0.15, 0.2) is 0 Å². The summed E-state index contributed by atoms with van der Waals surface area (Å²) < 4.78 is 15.2. The molecule has 3 N–H and O–H groups in total. The Morgan fingerprint density at radius 3 is 2.79 bits per heavy atom. The molecule has 1 aliphatic rings. The summed E-state index contributed by atoms with van der Waals surface area (Å²) in [6.07, 6.45) is 0.282. The number of rotatable bonds is 4. The van der Waals surface area contributed by atoms with Gasteiger partial charge in [-0.05, 0) is 31.8 Å². The number of hydrogen-bond donors (Lipinski definition) is 4. The lowest BCUT2D eigenvalue weighted by Crippen LogP contribution is -2.29. The highest BCUT2D eigenvalue weighted by molar-refractivity contribution is 7.81. The molecule has 0 amide bonds. The fraction of sp³-hybridized carbons (Fsp3) is 0.833. The minimum Gasteiger partial charge on any atom is -0.480 e. The summed E-state index contributed by atoms with van der Waals surface area (Å²) in [7, 11) is -3.65. The van der Waals surface area contributed by atoms with Gasteiger partial charge in [0.2, 0.25) is 0 Å². The van der Waals surface area contributed by atoms with Gasteiger partial charge in [-0.1, -0.05) is 0 Å². The molecule has 1 rings (SSSR count). The highest BCUT2D eigenvalue weighted by Gasteiger charge is 2.34. The lowest BCUT2D eigenvalue weighted by Gasteiger charge is -2.11. The Morgan fingerprint density at radius 1 is 1.71 bits per heavy atom. The first-order valence-electron chi connectivity index (χ1n) is 4.06. The van der Waals surface area contributed by atoms with E-state index in [1.807, 2.05) is 0 Å². The smallest absolute Gasteiger partial charge is 0.339 e. The maximum absolute atomic E-state index is 11.1. The first-order valence-corrected chi connectivity index (χ1v) is 6.18. The van der Waals surface area contributed by atoms with Crippen LogP contribution in [0.2, 0.25) is 0 Å². The Kier molecular flexibility index (Phi) is 3.97. The number of carboxylic acids is 1. The summed E-state index contributed by atoms with van der Waals surface area (Å²) >= 11 is 3.29. The van der Waals surface area contributed by atoms with Crippen LogP contribution in [0.1, 0.15) is 6.42 Å². The van der Waals surface area contributed by atoms with Gasteiger partial charge < -0.3 is 15.3 Å². The number of carboxylic acid groups (broad SMARTS) is 1. The van der Waals surface area contributed by atoms with Crippen molar-refractivity contribution in [3.8, 4) is 0 Å². The number of thiol groups is 1. The SMILES string of the molecule is O=C(O)[C@@H]1C[C@@H](CP(=O)(O)OS)CN1. The molecule has 0 saturated carbocycles. The Hall–Kier alpha value is -0.0700. The van der Waals surface area contributed by atoms with Crippen molar-refractivity contribution >= 4 is 26.5 Å². The molecule has 0 aliphatic carbocycles. The first kappa shape index (κ1) is 12.0. The summed E-state index contributed by atoms with van der Waals surface area (Å²) in [4.78, 5) is 19.6. The molecule has 0 radical (unpaired) electrons. The predicted molar refractivity (Wildman–Crippen MR) is 52.3 cm³/mol. The quantitative estimate of drug-likeness (QED) is 0.316. The van der Waals surface area contributed by atoms with E-state index in [1.165, 1.54) is 0 Å². The molecule has 1 unspecified atom stereocenters. The van der Waals surface area contributed by atoms with Gasteiger partial charge in [0, 0.05) is 0 Å². The molecule has 1 heterocycles. The summed E-state index contributed by atoms with van der Waals surface area (Å²) in [5, 5.41) is 11.4. The average molecular weight is 241 g/mol. The van der Waals surface area contributed by atoms with Crippen LogP contribution in [0.3, 0.4) is 0 Å². The van der Waals surface area contributed by atoms with Crippen molar-refractivity contribution in [2.75, 3.05) is 12.7 Å². The number of hydrogen-bond acceptors (Lipinski definition) is 5. The van der Waals surface area contributed by atoms with Crippen LogP contribution < -0.4 is 5.32 Å². The van der Waals surface area contributed by atoms with Gasteiger partial charge in [-0.15, -0.1) is 0 Å². The zero-order valence-electron chi connectivity index (χ0n) is 7.29. The van der Waals surface area contributed by atoms with E-state index in [2.05, 4.69) is 22.2 Å². The van der Waals surface area contributed by atoms with Gasteiger partial charge in [-0.2, -0.15) is 0 Å². The third-order valence-electron chi connectivity index (χ3n) is 2.14. The molecule has 0 aromatic carbocycles. The minimum atomic E-state index is -3.65. The third kappa shape index (κ3) is 3.25. The fourth-order valence-corrected chi connectivity index (χ4v) is 2.69. The molecule has 1 fully saturated rings. The van der Waals surface area contributed by atoms with E-state index in [1.54, 1.807) is 0 Å². The average Bonchev–Trinajstić information content (AvgIpc) is 2.52. The zero-order chi connectivity index (χ0) is 10.8. The van der Waals surface area contributed by atoms with Gasteiger partial charge in [0.25, 0.3) is 0 Å². The summed E-state index contributed by atoms with van der Waals surface area (Å²) in [6, 6.07) is -0.625. The lowest BCUT2D eigenvalue weighted by molar-refractivity contribution is -0.139. The molecule has 0 spiro atoms. The van der Waals surface area contributed by atoms with E-state index >= 15 is 0 Å². The van der Waals surface area contributed by atoms with Crippen molar-refractivity contribution in [1.82, 2.24) is 5.32 Å². The van der Waals surface area contributed by atoms with E-state index in [-0.39, 0.29) is 12.1 Å². The zero-order valence-corrected chi connectivity index (χ0v) is 9.08. The topological polar surface area (TPSA) is 95.9 Å². The van der Waals surface area contributed by atoms with Gasteiger partial charge >= 0.3 is 13.6 Å². The molecule has 1 aliphatic heterocycles. The largest absolute Gasteiger partial charge is 0.480 e. The highest BCUT2D eigenvalue weighted by atomic mass is 32.1. The molecular formula is C6H12NO5PS. The van der Waals surface area contributed by atoms with Crippen molar-refractivity contribution in [3.63, 3.8) is 0 Å². The van der Waals surface area contributed by atoms with E-state index in [0.29, 0.717) is 13.0 Å². The fourth-order valence-electron chi connectivity index (χ4n) is 1.50. The Balaban J connectivity index is 2.44. The Bertz CT molecular complexity index is 273. The third-order valence-corrected chi connectivity index (χ3v) is 4.14.